The minimum atomic E-state index is -0.336. The molecule has 1 N–H and O–H groups in total. The fraction of sp³-hybridized carbons (Fsp3) is 0.0556. The summed E-state index contributed by atoms with van der Waals surface area (Å²) in [5, 5.41) is 2.31. The van der Waals surface area contributed by atoms with Gasteiger partial charge in [0.1, 0.15) is 35.2 Å². The number of nitrogens with zero attached hydrogens (tertiary/aromatic N) is 3. The Labute approximate surface area is 151 Å². The molecule has 0 atom stereocenters. The number of ether oxygens (including phenoxy) is 1. The molecule has 2 aromatic carbocycles. The summed E-state index contributed by atoms with van der Waals surface area (Å²) in [7, 11) is 0. The molecule has 0 aliphatic rings. The van der Waals surface area contributed by atoms with Crippen LogP contribution in [0.15, 0.2) is 60.2 Å². The molecule has 0 aliphatic heterocycles. The normalized spacial score (nSPS) is 10.8. The van der Waals surface area contributed by atoms with E-state index in [-0.39, 0.29) is 18.3 Å². The van der Waals surface area contributed by atoms with Gasteiger partial charge in [-0.1, -0.05) is 12.1 Å². The molecule has 0 radical (unpaired) electrons. The number of hydrogen-bond donors (Lipinski definition) is 1. The largest absolute Gasteiger partial charge is 0.486 e. The maximum absolute atomic E-state index is 12.9. The van der Waals surface area contributed by atoms with Gasteiger partial charge in [0.25, 0.3) is 5.91 Å². The van der Waals surface area contributed by atoms with Gasteiger partial charge in [0, 0.05) is 5.38 Å². The average Bonchev–Trinajstić information content (AvgIpc) is 3.29. The summed E-state index contributed by atoms with van der Waals surface area (Å²) in [6, 6.07) is 13.2. The first kappa shape index (κ1) is 16.2. The minimum Gasteiger partial charge on any atom is -0.486 e. The summed E-state index contributed by atoms with van der Waals surface area (Å²) >= 11 is 1.32. The van der Waals surface area contributed by atoms with Gasteiger partial charge in [0.05, 0.1) is 11.0 Å². The van der Waals surface area contributed by atoms with Crippen LogP contribution in [0.4, 0.5) is 4.39 Å². The molecule has 0 bridgehead atoms. The molecule has 0 saturated heterocycles. The second kappa shape index (κ2) is 6.93. The first-order valence-electron chi connectivity index (χ1n) is 7.75. The number of benzene rings is 2. The van der Waals surface area contributed by atoms with Gasteiger partial charge >= 0.3 is 0 Å². The molecule has 4 rings (SSSR count). The fourth-order valence-corrected chi connectivity index (χ4v) is 3.06. The van der Waals surface area contributed by atoms with E-state index >= 15 is 0 Å². The SMILES string of the molecule is O=C(Nn1cnc2ccccc21)c1csc(COc2ccc(F)cc2)n1. The highest BCUT2D eigenvalue weighted by atomic mass is 32.1. The zero-order valence-corrected chi connectivity index (χ0v) is 14.2. The number of rotatable bonds is 5. The van der Waals surface area contributed by atoms with E-state index in [1.165, 1.54) is 23.5 Å². The first-order chi connectivity index (χ1) is 12.7. The van der Waals surface area contributed by atoms with Crippen molar-refractivity contribution >= 4 is 28.3 Å². The highest BCUT2D eigenvalue weighted by molar-refractivity contribution is 7.09. The van der Waals surface area contributed by atoms with Crippen LogP contribution in [0.2, 0.25) is 0 Å². The Bertz CT molecular complexity index is 1060. The number of aromatic nitrogens is 3. The van der Waals surface area contributed by atoms with Gasteiger partial charge in [-0.05, 0) is 36.4 Å². The van der Waals surface area contributed by atoms with Gasteiger partial charge in [-0.3, -0.25) is 10.2 Å². The molecule has 1 amide bonds. The summed E-state index contributed by atoms with van der Waals surface area (Å²) in [5.41, 5.74) is 4.64. The van der Waals surface area contributed by atoms with E-state index in [0.29, 0.717) is 16.5 Å². The van der Waals surface area contributed by atoms with Crippen LogP contribution < -0.4 is 10.2 Å². The highest BCUT2D eigenvalue weighted by Crippen LogP contribution is 2.16. The van der Waals surface area contributed by atoms with Crippen molar-refractivity contribution in [1.29, 1.82) is 0 Å². The standard InChI is InChI=1S/C18H13FN4O2S/c19-12-5-7-13(8-6-12)25-9-17-21-15(10-26-17)18(24)22-23-11-20-14-3-1-2-4-16(14)23/h1-8,10-11H,9H2,(H,22,24). The lowest BCUT2D eigenvalue weighted by atomic mass is 10.3. The molecule has 0 fully saturated rings. The summed E-state index contributed by atoms with van der Waals surface area (Å²) in [4.78, 5) is 20.9. The number of halogens is 1. The van der Waals surface area contributed by atoms with Gasteiger partial charge in [-0.15, -0.1) is 11.3 Å². The molecule has 0 spiro atoms. The molecule has 0 aliphatic carbocycles. The molecule has 6 nitrogen and oxygen atoms in total. The Morgan fingerprint density at radius 2 is 2.00 bits per heavy atom. The second-order valence-corrected chi connectivity index (χ2v) is 6.36. The number of amides is 1. The molecular formula is C18H13FN4O2S. The van der Waals surface area contributed by atoms with Crippen molar-refractivity contribution in [1.82, 2.24) is 14.6 Å². The summed E-state index contributed by atoms with van der Waals surface area (Å²) in [5.74, 6) is -0.118. The number of carbonyl (C=O) groups is 1. The number of nitrogens with one attached hydrogen (secondary N) is 1. The maximum Gasteiger partial charge on any atom is 0.289 e. The Morgan fingerprint density at radius 3 is 2.85 bits per heavy atom. The first-order valence-corrected chi connectivity index (χ1v) is 8.63. The van der Waals surface area contributed by atoms with E-state index in [1.54, 1.807) is 28.5 Å². The molecular weight excluding hydrogens is 355 g/mol. The van der Waals surface area contributed by atoms with Crippen LogP contribution in [-0.2, 0) is 6.61 Å². The van der Waals surface area contributed by atoms with Crippen molar-refractivity contribution < 1.29 is 13.9 Å². The van der Waals surface area contributed by atoms with Crippen LogP contribution in [0.25, 0.3) is 11.0 Å². The number of hydrogen-bond acceptors (Lipinski definition) is 5. The summed E-state index contributed by atoms with van der Waals surface area (Å²) < 4.78 is 20.0. The van der Waals surface area contributed by atoms with Gasteiger partial charge in [0.2, 0.25) is 0 Å². The van der Waals surface area contributed by atoms with Gasteiger partial charge < -0.3 is 4.74 Å². The molecule has 26 heavy (non-hydrogen) atoms. The van der Waals surface area contributed by atoms with Crippen molar-refractivity contribution in [3.05, 3.63) is 76.8 Å². The quantitative estimate of drug-likeness (QED) is 0.584. The van der Waals surface area contributed by atoms with Crippen LogP contribution in [0.5, 0.6) is 5.75 Å². The zero-order valence-electron chi connectivity index (χ0n) is 13.4. The van der Waals surface area contributed by atoms with E-state index in [2.05, 4.69) is 15.4 Å². The number of thiazole rings is 1. The third-order valence-corrected chi connectivity index (χ3v) is 4.46. The molecule has 4 aromatic rings. The predicted octanol–water partition coefficient (Wildman–Crippen LogP) is 3.59. The van der Waals surface area contributed by atoms with E-state index in [0.717, 1.165) is 11.0 Å². The van der Waals surface area contributed by atoms with E-state index < -0.39 is 0 Å². The summed E-state index contributed by atoms with van der Waals surface area (Å²) in [6.07, 6.45) is 1.55. The van der Waals surface area contributed by atoms with Crippen LogP contribution in [0, 0.1) is 5.82 Å². The third-order valence-electron chi connectivity index (χ3n) is 3.64. The van der Waals surface area contributed by atoms with Crippen LogP contribution >= 0.6 is 11.3 Å². The monoisotopic (exact) mass is 368 g/mol. The predicted molar refractivity (Wildman–Crippen MR) is 96.3 cm³/mol. The fourth-order valence-electron chi connectivity index (χ4n) is 2.37. The lowest BCUT2D eigenvalue weighted by molar-refractivity contribution is 0.100. The second-order valence-electron chi connectivity index (χ2n) is 5.41. The Kier molecular flexibility index (Phi) is 4.32. The molecule has 0 saturated carbocycles. The van der Waals surface area contributed by atoms with E-state index in [4.69, 9.17) is 4.74 Å². The van der Waals surface area contributed by atoms with E-state index in [9.17, 15) is 9.18 Å². The topological polar surface area (TPSA) is 69.0 Å². The van der Waals surface area contributed by atoms with Gasteiger partial charge in [-0.2, -0.15) is 0 Å². The number of fused-ring (bicyclic) bond motifs is 1. The van der Waals surface area contributed by atoms with Crippen molar-refractivity contribution in [2.45, 2.75) is 6.61 Å². The van der Waals surface area contributed by atoms with Gasteiger partial charge in [-0.25, -0.2) is 19.0 Å². The lowest BCUT2D eigenvalue weighted by Gasteiger charge is -2.05. The van der Waals surface area contributed by atoms with Crippen molar-refractivity contribution in [2.24, 2.45) is 0 Å². The van der Waals surface area contributed by atoms with Crippen LogP contribution in [-0.4, -0.2) is 20.6 Å². The minimum absolute atomic E-state index is 0.206. The average molecular weight is 368 g/mol. The molecule has 0 unspecified atom stereocenters. The molecule has 2 heterocycles. The number of para-hydroxylation sites is 2. The Hall–Kier alpha value is -3.26. The van der Waals surface area contributed by atoms with Crippen LogP contribution in [0.1, 0.15) is 15.5 Å². The van der Waals surface area contributed by atoms with Gasteiger partial charge in [0.15, 0.2) is 0 Å². The Balaban J connectivity index is 1.42. The summed E-state index contributed by atoms with van der Waals surface area (Å²) in [6.45, 7) is 0.206. The van der Waals surface area contributed by atoms with Crippen molar-refractivity contribution in [3.8, 4) is 5.75 Å². The smallest absolute Gasteiger partial charge is 0.289 e. The number of imidazole rings is 1. The molecule has 130 valence electrons. The number of carbonyl (C=O) groups excluding carboxylic acids is 1. The molecule has 2 aromatic heterocycles. The van der Waals surface area contributed by atoms with Crippen molar-refractivity contribution in [3.63, 3.8) is 0 Å². The maximum atomic E-state index is 12.9. The highest BCUT2D eigenvalue weighted by Gasteiger charge is 2.13. The van der Waals surface area contributed by atoms with Crippen LogP contribution in [0.3, 0.4) is 0 Å². The Morgan fingerprint density at radius 1 is 1.19 bits per heavy atom. The van der Waals surface area contributed by atoms with E-state index in [1.807, 2.05) is 24.3 Å². The zero-order chi connectivity index (χ0) is 17.9. The van der Waals surface area contributed by atoms with Crippen molar-refractivity contribution in [2.75, 3.05) is 5.43 Å². The third kappa shape index (κ3) is 3.40. The lowest BCUT2D eigenvalue weighted by Crippen LogP contribution is -2.22. The molecule has 8 heteroatoms.